The molecule has 0 aliphatic heterocycles. The highest BCUT2D eigenvalue weighted by Crippen LogP contribution is 2.22. The van der Waals surface area contributed by atoms with E-state index in [1.165, 1.54) is 18.2 Å². The molecule has 19 heavy (non-hydrogen) atoms. The standard InChI is InChI=1S/C14H7FN2OS/c15-13-5-2-6-14(12(13)9-17)19(18)11-4-1-3-10(7-11)8-16/h1-7H/t19-/m1/s1. The Morgan fingerprint density at radius 3 is 2.47 bits per heavy atom. The summed E-state index contributed by atoms with van der Waals surface area (Å²) >= 11 is 0. The third-order valence-corrected chi connectivity index (χ3v) is 3.89. The Morgan fingerprint density at radius 1 is 1.05 bits per heavy atom. The molecule has 0 saturated heterocycles. The molecule has 0 heterocycles. The molecule has 0 fully saturated rings. The number of nitrogens with zero attached hydrogens (tertiary/aromatic N) is 2. The molecule has 2 rings (SSSR count). The van der Waals surface area contributed by atoms with Gasteiger partial charge >= 0.3 is 0 Å². The second-order valence-electron chi connectivity index (χ2n) is 3.63. The van der Waals surface area contributed by atoms with Crippen molar-refractivity contribution in [3.63, 3.8) is 0 Å². The molecule has 0 N–H and O–H groups in total. The summed E-state index contributed by atoms with van der Waals surface area (Å²) in [7, 11) is -1.69. The predicted molar refractivity (Wildman–Crippen MR) is 66.9 cm³/mol. The first-order valence-corrected chi connectivity index (χ1v) is 6.43. The summed E-state index contributed by atoms with van der Waals surface area (Å²) in [6.45, 7) is 0. The first-order chi connectivity index (χ1) is 9.17. The minimum Gasteiger partial charge on any atom is -0.249 e. The molecule has 0 saturated carbocycles. The molecule has 0 unspecified atom stereocenters. The quantitative estimate of drug-likeness (QED) is 0.842. The predicted octanol–water partition coefficient (Wildman–Crippen LogP) is 2.74. The highest BCUT2D eigenvalue weighted by Gasteiger charge is 2.15. The molecule has 0 aromatic heterocycles. The van der Waals surface area contributed by atoms with Crippen LogP contribution in [0.5, 0.6) is 0 Å². The van der Waals surface area contributed by atoms with Gasteiger partial charge in [0.2, 0.25) is 0 Å². The summed E-state index contributed by atoms with van der Waals surface area (Å²) in [5.74, 6) is -0.704. The highest BCUT2D eigenvalue weighted by atomic mass is 32.2. The molecular weight excluding hydrogens is 263 g/mol. The minimum atomic E-state index is -1.69. The van der Waals surface area contributed by atoms with Crippen LogP contribution in [-0.4, -0.2) is 4.21 Å². The van der Waals surface area contributed by atoms with E-state index >= 15 is 0 Å². The Morgan fingerprint density at radius 2 is 1.79 bits per heavy atom. The molecule has 0 aliphatic rings. The summed E-state index contributed by atoms with van der Waals surface area (Å²) in [5.41, 5.74) is 0.129. The molecule has 0 bridgehead atoms. The van der Waals surface area contributed by atoms with E-state index in [0.29, 0.717) is 10.5 Å². The van der Waals surface area contributed by atoms with Crippen LogP contribution in [0.3, 0.4) is 0 Å². The maximum absolute atomic E-state index is 13.5. The van der Waals surface area contributed by atoms with Gasteiger partial charge in [-0.2, -0.15) is 10.5 Å². The first kappa shape index (κ1) is 12.9. The Balaban J connectivity index is 2.54. The van der Waals surface area contributed by atoms with Crippen LogP contribution in [0.2, 0.25) is 0 Å². The molecule has 92 valence electrons. The van der Waals surface area contributed by atoms with Crippen molar-refractivity contribution in [1.29, 1.82) is 10.5 Å². The molecule has 0 radical (unpaired) electrons. The van der Waals surface area contributed by atoms with E-state index in [4.69, 9.17) is 10.5 Å². The SMILES string of the molecule is N#Cc1cccc([S@@](=O)c2cccc(F)c2C#N)c1. The van der Waals surface area contributed by atoms with Gasteiger partial charge in [-0.05, 0) is 30.3 Å². The second-order valence-corrected chi connectivity index (χ2v) is 5.08. The Kier molecular flexibility index (Phi) is 3.70. The third kappa shape index (κ3) is 2.52. The van der Waals surface area contributed by atoms with Crippen molar-refractivity contribution < 1.29 is 8.60 Å². The van der Waals surface area contributed by atoms with Crippen molar-refractivity contribution in [1.82, 2.24) is 0 Å². The molecular formula is C14H7FN2OS. The summed E-state index contributed by atoms with van der Waals surface area (Å²) < 4.78 is 25.8. The van der Waals surface area contributed by atoms with Gasteiger partial charge in [0.25, 0.3) is 0 Å². The van der Waals surface area contributed by atoms with Gasteiger partial charge in [-0.3, -0.25) is 0 Å². The van der Waals surface area contributed by atoms with E-state index in [2.05, 4.69) is 0 Å². The number of rotatable bonds is 2. The number of nitriles is 2. The Labute approximate surface area is 112 Å². The fourth-order valence-electron chi connectivity index (χ4n) is 1.58. The average molecular weight is 270 g/mol. The van der Waals surface area contributed by atoms with Gasteiger partial charge in [0.15, 0.2) is 0 Å². The van der Waals surface area contributed by atoms with Crippen molar-refractivity contribution in [2.45, 2.75) is 9.79 Å². The first-order valence-electron chi connectivity index (χ1n) is 5.28. The fraction of sp³-hybridized carbons (Fsp3) is 0. The highest BCUT2D eigenvalue weighted by molar-refractivity contribution is 7.85. The van der Waals surface area contributed by atoms with Crippen molar-refractivity contribution >= 4 is 10.8 Å². The lowest BCUT2D eigenvalue weighted by atomic mass is 10.2. The van der Waals surface area contributed by atoms with Gasteiger partial charge in [-0.25, -0.2) is 8.60 Å². The van der Waals surface area contributed by atoms with Crippen LogP contribution in [0.4, 0.5) is 4.39 Å². The van der Waals surface area contributed by atoms with Crippen molar-refractivity contribution in [3.05, 3.63) is 59.4 Å². The summed E-state index contributed by atoms with van der Waals surface area (Å²) in [6, 6.07) is 13.8. The topological polar surface area (TPSA) is 64.7 Å². The van der Waals surface area contributed by atoms with E-state index in [0.717, 1.165) is 6.07 Å². The van der Waals surface area contributed by atoms with Gasteiger partial charge in [0.1, 0.15) is 17.4 Å². The van der Waals surface area contributed by atoms with E-state index in [-0.39, 0.29) is 10.5 Å². The maximum atomic E-state index is 13.5. The third-order valence-electron chi connectivity index (χ3n) is 2.46. The van der Waals surface area contributed by atoms with Crippen LogP contribution in [-0.2, 0) is 10.8 Å². The number of hydrogen-bond donors (Lipinski definition) is 0. The molecule has 2 aromatic rings. The molecule has 0 spiro atoms. The van der Waals surface area contributed by atoms with Crippen LogP contribution >= 0.6 is 0 Å². The monoisotopic (exact) mass is 270 g/mol. The zero-order chi connectivity index (χ0) is 13.8. The molecule has 1 atom stereocenters. The van der Waals surface area contributed by atoms with E-state index in [1.54, 1.807) is 24.3 Å². The molecule has 0 amide bonds. The van der Waals surface area contributed by atoms with Gasteiger partial charge < -0.3 is 0 Å². The van der Waals surface area contributed by atoms with Gasteiger partial charge in [0, 0.05) is 4.90 Å². The summed E-state index contributed by atoms with van der Waals surface area (Å²) in [5, 5.41) is 17.7. The lowest BCUT2D eigenvalue weighted by molar-refractivity contribution is 0.618. The summed E-state index contributed by atoms with van der Waals surface area (Å²) in [6.07, 6.45) is 0. The van der Waals surface area contributed by atoms with Crippen molar-refractivity contribution in [3.8, 4) is 12.1 Å². The van der Waals surface area contributed by atoms with Crippen LogP contribution in [0.25, 0.3) is 0 Å². The van der Waals surface area contributed by atoms with Crippen molar-refractivity contribution in [2.24, 2.45) is 0 Å². The molecule has 3 nitrogen and oxygen atoms in total. The Hall–Kier alpha value is -2.50. The van der Waals surface area contributed by atoms with Crippen molar-refractivity contribution in [2.75, 3.05) is 0 Å². The van der Waals surface area contributed by atoms with Crippen LogP contribution in [0.1, 0.15) is 11.1 Å². The largest absolute Gasteiger partial charge is 0.249 e. The van der Waals surface area contributed by atoms with E-state index < -0.39 is 16.6 Å². The normalized spacial score (nSPS) is 11.3. The number of hydrogen-bond acceptors (Lipinski definition) is 3. The van der Waals surface area contributed by atoms with Crippen LogP contribution < -0.4 is 0 Å². The lowest BCUT2D eigenvalue weighted by Gasteiger charge is -2.05. The Bertz CT molecular complexity index is 744. The zero-order valence-electron chi connectivity index (χ0n) is 9.63. The van der Waals surface area contributed by atoms with Crippen LogP contribution in [0, 0.1) is 28.5 Å². The molecule has 5 heteroatoms. The number of halogens is 1. The van der Waals surface area contributed by atoms with E-state index in [9.17, 15) is 8.60 Å². The minimum absolute atomic E-state index is 0.109. The average Bonchev–Trinajstić information content (AvgIpc) is 2.46. The van der Waals surface area contributed by atoms with Crippen LogP contribution in [0.15, 0.2) is 52.3 Å². The molecule has 2 aromatic carbocycles. The van der Waals surface area contributed by atoms with E-state index in [1.807, 2.05) is 6.07 Å². The van der Waals surface area contributed by atoms with Gasteiger partial charge in [-0.15, -0.1) is 0 Å². The van der Waals surface area contributed by atoms with Gasteiger partial charge in [0.05, 0.1) is 27.3 Å². The smallest absolute Gasteiger partial charge is 0.142 e. The lowest BCUT2D eigenvalue weighted by Crippen LogP contribution is -1.99. The van der Waals surface area contributed by atoms with Gasteiger partial charge in [-0.1, -0.05) is 12.1 Å². The number of benzene rings is 2. The zero-order valence-corrected chi connectivity index (χ0v) is 10.4. The summed E-state index contributed by atoms with van der Waals surface area (Å²) in [4.78, 5) is 0.471. The maximum Gasteiger partial charge on any atom is 0.142 e. The second kappa shape index (κ2) is 5.43. The fourth-order valence-corrected chi connectivity index (χ4v) is 2.80. The molecule has 0 aliphatic carbocycles.